The molecule has 1 nitrogen and oxygen atoms in total. The van der Waals surface area contributed by atoms with Gasteiger partial charge in [0, 0.05) is 13.1 Å². The first kappa shape index (κ1) is 14.5. The Labute approximate surface area is 102 Å². The Bertz CT molecular complexity index is 288. The third kappa shape index (κ3) is 3.54. The molecule has 0 atom stereocenters. The molecule has 0 radical (unpaired) electrons. The summed E-state index contributed by atoms with van der Waals surface area (Å²) in [6, 6.07) is 7.03. The molecule has 1 saturated heterocycles. The molecule has 2 rings (SSSR count). The Balaban J connectivity index is 0.000000980. The van der Waals surface area contributed by atoms with Crippen LogP contribution in [0.1, 0.15) is 19.3 Å². The molecule has 1 fully saturated rings. The number of hydrogen-bond donors (Lipinski definition) is 0. The van der Waals surface area contributed by atoms with Crippen LogP contribution in [-0.4, -0.2) is 13.1 Å². The second kappa shape index (κ2) is 6.91. The van der Waals surface area contributed by atoms with Crippen molar-refractivity contribution in [3.63, 3.8) is 0 Å². The van der Waals surface area contributed by atoms with Gasteiger partial charge in [0.25, 0.3) is 0 Å². The van der Waals surface area contributed by atoms with Gasteiger partial charge in [-0.15, -0.1) is 24.8 Å². The molecule has 1 aromatic rings. The molecule has 15 heavy (non-hydrogen) atoms. The summed E-state index contributed by atoms with van der Waals surface area (Å²) >= 11 is 0. The second-order valence-corrected chi connectivity index (χ2v) is 3.50. The van der Waals surface area contributed by atoms with Gasteiger partial charge in [-0.3, -0.25) is 0 Å². The average Bonchev–Trinajstić information content (AvgIpc) is 2.20. The van der Waals surface area contributed by atoms with Crippen molar-refractivity contribution in [3.05, 3.63) is 30.1 Å². The SMILES string of the molecule is Cl.Cl.Fc1ccccc1N1CCCCC1. The molecule has 1 aliphatic heterocycles. The van der Waals surface area contributed by atoms with Gasteiger partial charge < -0.3 is 4.90 Å². The monoisotopic (exact) mass is 251 g/mol. The van der Waals surface area contributed by atoms with Crippen LogP contribution in [0, 0.1) is 5.82 Å². The molecule has 0 amide bonds. The minimum Gasteiger partial charge on any atom is -0.369 e. The van der Waals surface area contributed by atoms with Crippen LogP contribution in [-0.2, 0) is 0 Å². The molecular formula is C11H16Cl2FN. The highest BCUT2D eigenvalue weighted by Crippen LogP contribution is 2.22. The van der Waals surface area contributed by atoms with Crippen LogP contribution in [0.4, 0.5) is 10.1 Å². The van der Waals surface area contributed by atoms with Crippen molar-refractivity contribution in [3.8, 4) is 0 Å². The molecular weight excluding hydrogens is 236 g/mol. The van der Waals surface area contributed by atoms with Crippen LogP contribution in [0.25, 0.3) is 0 Å². The lowest BCUT2D eigenvalue weighted by atomic mass is 10.1. The summed E-state index contributed by atoms with van der Waals surface area (Å²) in [5, 5.41) is 0. The standard InChI is InChI=1S/C11H14FN.2ClH/c12-10-6-2-3-7-11(10)13-8-4-1-5-9-13;;/h2-3,6-7H,1,4-5,8-9H2;2*1H. The van der Waals surface area contributed by atoms with Gasteiger partial charge in [0.05, 0.1) is 5.69 Å². The highest BCUT2D eigenvalue weighted by atomic mass is 35.5. The number of anilines is 1. The van der Waals surface area contributed by atoms with E-state index < -0.39 is 0 Å². The van der Waals surface area contributed by atoms with Crippen LogP contribution in [0.5, 0.6) is 0 Å². The summed E-state index contributed by atoms with van der Waals surface area (Å²) in [6.07, 6.45) is 3.66. The van der Waals surface area contributed by atoms with Gasteiger partial charge >= 0.3 is 0 Å². The first-order chi connectivity index (χ1) is 6.38. The third-order valence-corrected chi connectivity index (χ3v) is 2.55. The van der Waals surface area contributed by atoms with Gasteiger partial charge in [0.15, 0.2) is 0 Å². The zero-order valence-electron chi connectivity index (χ0n) is 8.49. The van der Waals surface area contributed by atoms with E-state index in [-0.39, 0.29) is 30.6 Å². The highest BCUT2D eigenvalue weighted by Gasteiger charge is 2.13. The van der Waals surface area contributed by atoms with Crippen molar-refractivity contribution in [2.24, 2.45) is 0 Å². The second-order valence-electron chi connectivity index (χ2n) is 3.50. The van der Waals surface area contributed by atoms with E-state index in [1.165, 1.54) is 25.3 Å². The number of para-hydroxylation sites is 1. The fourth-order valence-corrected chi connectivity index (χ4v) is 1.84. The Kier molecular flexibility index (Phi) is 6.70. The molecule has 0 aromatic heterocycles. The molecule has 0 saturated carbocycles. The average molecular weight is 252 g/mol. The topological polar surface area (TPSA) is 3.24 Å². The number of halogens is 3. The number of piperidine rings is 1. The molecule has 0 unspecified atom stereocenters. The zero-order valence-corrected chi connectivity index (χ0v) is 10.1. The predicted octanol–water partition coefficient (Wildman–Crippen LogP) is 3.66. The number of nitrogens with zero attached hydrogens (tertiary/aromatic N) is 1. The molecule has 1 heterocycles. The number of rotatable bonds is 1. The largest absolute Gasteiger partial charge is 0.369 e. The van der Waals surface area contributed by atoms with Gasteiger partial charge in [0.2, 0.25) is 0 Å². The van der Waals surface area contributed by atoms with E-state index in [2.05, 4.69) is 4.90 Å². The smallest absolute Gasteiger partial charge is 0.146 e. The Morgan fingerprint density at radius 2 is 1.53 bits per heavy atom. The van der Waals surface area contributed by atoms with E-state index in [1.54, 1.807) is 6.07 Å². The summed E-state index contributed by atoms with van der Waals surface area (Å²) in [6.45, 7) is 2.00. The molecule has 0 aliphatic carbocycles. The lowest BCUT2D eigenvalue weighted by molar-refractivity contribution is 0.557. The lowest BCUT2D eigenvalue weighted by Gasteiger charge is -2.28. The van der Waals surface area contributed by atoms with E-state index in [0.717, 1.165) is 18.8 Å². The summed E-state index contributed by atoms with van der Waals surface area (Å²) in [5.41, 5.74) is 0.766. The Morgan fingerprint density at radius 1 is 0.933 bits per heavy atom. The van der Waals surface area contributed by atoms with Gasteiger partial charge in [-0.2, -0.15) is 0 Å². The maximum absolute atomic E-state index is 13.3. The highest BCUT2D eigenvalue weighted by molar-refractivity contribution is 5.85. The fraction of sp³-hybridized carbons (Fsp3) is 0.455. The maximum Gasteiger partial charge on any atom is 0.146 e. The van der Waals surface area contributed by atoms with E-state index >= 15 is 0 Å². The normalized spacial score (nSPS) is 15.1. The lowest BCUT2D eigenvalue weighted by Crippen LogP contribution is -2.30. The Morgan fingerprint density at radius 3 is 2.13 bits per heavy atom. The van der Waals surface area contributed by atoms with E-state index in [0.29, 0.717) is 0 Å². The van der Waals surface area contributed by atoms with Crippen molar-refractivity contribution in [1.29, 1.82) is 0 Å². The quantitative estimate of drug-likeness (QED) is 0.737. The van der Waals surface area contributed by atoms with Gasteiger partial charge in [-0.1, -0.05) is 12.1 Å². The molecule has 0 spiro atoms. The summed E-state index contributed by atoms with van der Waals surface area (Å²) in [7, 11) is 0. The van der Waals surface area contributed by atoms with Crippen molar-refractivity contribution in [1.82, 2.24) is 0 Å². The number of benzene rings is 1. The van der Waals surface area contributed by atoms with Crippen molar-refractivity contribution < 1.29 is 4.39 Å². The third-order valence-electron chi connectivity index (χ3n) is 2.55. The summed E-state index contributed by atoms with van der Waals surface area (Å²) < 4.78 is 13.3. The van der Waals surface area contributed by atoms with E-state index in [9.17, 15) is 4.39 Å². The van der Waals surface area contributed by atoms with Crippen molar-refractivity contribution in [2.75, 3.05) is 18.0 Å². The van der Waals surface area contributed by atoms with Crippen LogP contribution < -0.4 is 4.90 Å². The van der Waals surface area contributed by atoms with Crippen LogP contribution in [0.15, 0.2) is 24.3 Å². The summed E-state index contributed by atoms with van der Waals surface area (Å²) in [4.78, 5) is 2.14. The summed E-state index contributed by atoms with van der Waals surface area (Å²) in [5.74, 6) is -0.0931. The van der Waals surface area contributed by atoms with Crippen LogP contribution in [0.3, 0.4) is 0 Å². The molecule has 0 N–H and O–H groups in total. The van der Waals surface area contributed by atoms with E-state index in [4.69, 9.17) is 0 Å². The minimum absolute atomic E-state index is 0. The first-order valence-corrected chi connectivity index (χ1v) is 4.87. The molecule has 86 valence electrons. The van der Waals surface area contributed by atoms with E-state index in [1.807, 2.05) is 12.1 Å². The maximum atomic E-state index is 13.3. The fourth-order valence-electron chi connectivity index (χ4n) is 1.84. The molecule has 0 bridgehead atoms. The van der Waals surface area contributed by atoms with Gasteiger partial charge in [0.1, 0.15) is 5.82 Å². The molecule has 4 heteroatoms. The zero-order chi connectivity index (χ0) is 9.10. The molecule has 1 aliphatic rings. The van der Waals surface area contributed by atoms with Crippen molar-refractivity contribution in [2.45, 2.75) is 19.3 Å². The first-order valence-electron chi connectivity index (χ1n) is 4.87. The molecule has 1 aromatic carbocycles. The van der Waals surface area contributed by atoms with Crippen LogP contribution >= 0.6 is 24.8 Å². The number of hydrogen-bond acceptors (Lipinski definition) is 1. The van der Waals surface area contributed by atoms with Crippen LogP contribution in [0.2, 0.25) is 0 Å². The van der Waals surface area contributed by atoms with Gasteiger partial charge in [-0.05, 0) is 31.4 Å². The minimum atomic E-state index is -0.0931. The van der Waals surface area contributed by atoms with Gasteiger partial charge in [-0.25, -0.2) is 4.39 Å². The predicted molar refractivity (Wildman–Crippen MR) is 67.0 cm³/mol. The Hall–Kier alpha value is -0.470. The van der Waals surface area contributed by atoms with Crippen molar-refractivity contribution >= 4 is 30.5 Å².